The van der Waals surface area contributed by atoms with Crippen molar-refractivity contribution in [3.63, 3.8) is 0 Å². The molecule has 0 fully saturated rings. The lowest BCUT2D eigenvalue weighted by Crippen LogP contribution is -2.33. The van der Waals surface area contributed by atoms with Crippen LogP contribution in [0.5, 0.6) is 5.75 Å². The molecule has 1 aromatic carbocycles. The van der Waals surface area contributed by atoms with Gasteiger partial charge in [-0.25, -0.2) is 0 Å². The Kier molecular flexibility index (Phi) is 3.95. The average molecular weight is 261 g/mol. The molecule has 0 aliphatic heterocycles. The summed E-state index contributed by atoms with van der Waals surface area (Å²) in [5, 5.41) is 0.813. The number of nitrogens with two attached hydrogens (primary N) is 1. The van der Waals surface area contributed by atoms with Crippen LogP contribution in [0, 0.1) is 0 Å². The Morgan fingerprint density at radius 2 is 2.11 bits per heavy atom. The number of benzene rings is 1. The van der Waals surface area contributed by atoms with Gasteiger partial charge in [0.15, 0.2) is 8.46 Å². The van der Waals surface area contributed by atoms with Crippen molar-refractivity contribution in [2.24, 2.45) is 5.73 Å². The third-order valence-corrected chi connectivity index (χ3v) is 3.93. The molecule has 0 aromatic heterocycles. The summed E-state index contributed by atoms with van der Waals surface area (Å²) in [4.78, 5) is 0. The van der Waals surface area contributed by atoms with Crippen molar-refractivity contribution in [2.45, 2.75) is 11.8 Å². The normalized spacial score (nSPS) is 22.9. The van der Waals surface area contributed by atoms with Crippen molar-refractivity contribution in [3.8, 4) is 5.75 Å². The molecule has 0 amide bonds. The number of hydrogen-bond donors (Lipinski definition) is 1. The lowest BCUT2D eigenvalue weighted by molar-refractivity contribution is 0.414. The molecule has 2 N–H and O–H groups in total. The molecule has 18 heavy (non-hydrogen) atoms. The first kappa shape index (κ1) is 13.0. The molecule has 1 aliphatic carbocycles. The van der Waals surface area contributed by atoms with Crippen LogP contribution >= 0.6 is 8.46 Å². The fourth-order valence-electron chi connectivity index (χ4n) is 2.14. The average Bonchev–Trinajstić information content (AvgIpc) is 2.47. The standard InChI is InChI=1S/C14H16NO2P/c1-17-12-4-2-11(3-5-12)14(10-15)8-6-13(18-16)7-9-14/h2-8H,9-10,15H2,1H3. The predicted octanol–water partition coefficient (Wildman–Crippen LogP) is 3.03. The lowest BCUT2D eigenvalue weighted by Gasteiger charge is -2.31. The highest BCUT2D eigenvalue weighted by molar-refractivity contribution is 7.29. The Hall–Kier alpha value is -1.44. The van der Waals surface area contributed by atoms with E-state index in [1.807, 2.05) is 36.4 Å². The topological polar surface area (TPSA) is 52.3 Å². The van der Waals surface area contributed by atoms with Gasteiger partial charge in [-0.05, 0) is 24.1 Å². The molecule has 0 bridgehead atoms. The summed E-state index contributed by atoms with van der Waals surface area (Å²) in [6, 6.07) is 7.94. The summed E-state index contributed by atoms with van der Waals surface area (Å²) >= 11 is 0. The van der Waals surface area contributed by atoms with Crippen LogP contribution in [-0.2, 0) is 9.98 Å². The first-order chi connectivity index (χ1) is 8.74. The van der Waals surface area contributed by atoms with Crippen LogP contribution in [-0.4, -0.2) is 13.7 Å². The molecule has 2 rings (SSSR count). The van der Waals surface area contributed by atoms with Crippen molar-refractivity contribution < 1.29 is 9.30 Å². The van der Waals surface area contributed by atoms with Crippen molar-refractivity contribution in [1.82, 2.24) is 0 Å². The van der Waals surface area contributed by atoms with E-state index in [9.17, 15) is 4.57 Å². The van der Waals surface area contributed by atoms with Gasteiger partial charge in [-0.3, -0.25) is 4.57 Å². The van der Waals surface area contributed by atoms with E-state index in [0.29, 0.717) is 6.54 Å². The van der Waals surface area contributed by atoms with Gasteiger partial charge in [-0.1, -0.05) is 30.4 Å². The van der Waals surface area contributed by atoms with E-state index < -0.39 is 0 Å². The van der Waals surface area contributed by atoms with E-state index in [1.165, 1.54) is 0 Å². The zero-order valence-electron chi connectivity index (χ0n) is 10.3. The van der Waals surface area contributed by atoms with E-state index in [2.05, 4.69) is 6.08 Å². The van der Waals surface area contributed by atoms with Crippen molar-refractivity contribution in [1.29, 1.82) is 0 Å². The highest BCUT2D eigenvalue weighted by Gasteiger charge is 2.29. The van der Waals surface area contributed by atoms with Crippen LogP contribution in [0.15, 0.2) is 47.8 Å². The minimum atomic E-state index is -0.194. The maximum Gasteiger partial charge on any atom is 0.191 e. The summed E-state index contributed by atoms with van der Waals surface area (Å²) in [5.41, 5.74) is 6.89. The molecule has 1 aromatic rings. The molecule has 0 heterocycles. The maximum atomic E-state index is 10.8. The minimum absolute atomic E-state index is 0.0626. The zero-order chi connectivity index (χ0) is 13.0. The summed E-state index contributed by atoms with van der Waals surface area (Å²) in [7, 11) is 1.71. The maximum absolute atomic E-state index is 10.8. The highest BCUT2D eigenvalue weighted by Crippen LogP contribution is 2.36. The van der Waals surface area contributed by atoms with Crippen LogP contribution in [0.1, 0.15) is 12.0 Å². The molecule has 94 valence electrons. The van der Waals surface area contributed by atoms with Gasteiger partial charge in [0.2, 0.25) is 0 Å². The quantitative estimate of drug-likeness (QED) is 0.847. The first-order valence-electron chi connectivity index (χ1n) is 5.81. The number of allylic oxidation sites excluding steroid dienone is 3. The molecular weight excluding hydrogens is 245 g/mol. The van der Waals surface area contributed by atoms with Crippen molar-refractivity contribution >= 4 is 8.46 Å². The number of methoxy groups -OCH3 is 1. The summed E-state index contributed by atoms with van der Waals surface area (Å²) in [6.07, 6.45) is 6.69. The van der Waals surface area contributed by atoms with E-state index in [0.717, 1.165) is 23.0 Å². The van der Waals surface area contributed by atoms with Gasteiger partial charge in [0.05, 0.1) is 7.11 Å². The van der Waals surface area contributed by atoms with Gasteiger partial charge < -0.3 is 10.5 Å². The van der Waals surface area contributed by atoms with E-state index in [4.69, 9.17) is 10.5 Å². The smallest absolute Gasteiger partial charge is 0.191 e. The molecular formula is C14H16NO2P. The Labute approximate surface area is 109 Å². The molecule has 0 saturated heterocycles. The summed E-state index contributed by atoms with van der Waals surface area (Å²) in [5.74, 6) is 0.833. The molecule has 0 spiro atoms. The SMILES string of the molecule is COc1ccc(C2(CN)C=CC(P=O)=CC2)cc1. The van der Waals surface area contributed by atoms with Gasteiger partial charge in [0, 0.05) is 17.3 Å². The van der Waals surface area contributed by atoms with E-state index in [1.54, 1.807) is 7.11 Å². The molecule has 1 aliphatic rings. The van der Waals surface area contributed by atoms with Crippen molar-refractivity contribution in [2.75, 3.05) is 13.7 Å². The number of ether oxygens (including phenoxy) is 1. The molecule has 1 atom stereocenters. The third kappa shape index (κ3) is 2.38. The van der Waals surface area contributed by atoms with Crippen LogP contribution in [0.25, 0.3) is 0 Å². The summed E-state index contributed by atoms with van der Waals surface area (Å²) < 4.78 is 16.0. The fraction of sp³-hybridized carbons (Fsp3) is 0.286. The molecule has 0 radical (unpaired) electrons. The van der Waals surface area contributed by atoms with Gasteiger partial charge in [0.25, 0.3) is 0 Å². The van der Waals surface area contributed by atoms with E-state index >= 15 is 0 Å². The largest absolute Gasteiger partial charge is 0.497 e. The first-order valence-corrected chi connectivity index (χ1v) is 6.63. The van der Waals surface area contributed by atoms with Crippen molar-refractivity contribution in [3.05, 3.63) is 53.4 Å². The second-order valence-corrected chi connectivity index (χ2v) is 5.05. The highest BCUT2D eigenvalue weighted by atomic mass is 31.1. The van der Waals surface area contributed by atoms with Gasteiger partial charge in [0.1, 0.15) is 5.75 Å². The van der Waals surface area contributed by atoms with Gasteiger partial charge in [-0.2, -0.15) is 0 Å². The molecule has 4 heteroatoms. The fourth-order valence-corrected chi connectivity index (χ4v) is 2.44. The lowest BCUT2D eigenvalue weighted by atomic mass is 9.75. The Morgan fingerprint density at radius 3 is 2.56 bits per heavy atom. The predicted molar refractivity (Wildman–Crippen MR) is 73.2 cm³/mol. The van der Waals surface area contributed by atoms with Crippen LogP contribution in [0.3, 0.4) is 0 Å². The van der Waals surface area contributed by atoms with Crippen LogP contribution < -0.4 is 10.5 Å². The number of rotatable bonds is 4. The van der Waals surface area contributed by atoms with Gasteiger partial charge in [-0.15, -0.1) is 0 Å². The second-order valence-electron chi connectivity index (χ2n) is 4.35. The zero-order valence-corrected chi connectivity index (χ0v) is 11.2. The molecule has 0 saturated carbocycles. The van der Waals surface area contributed by atoms with Crippen LogP contribution in [0.2, 0.25) is 0 Å². The molecule has 3 nitrogen and oxygen atoms in total. The van der Waals surface area contributed by atoms with E-state index in [-0.39, 0.29) is 13.9 Å². The molecule has 1 unspecified atom stereocenters. The van der Waals surface area contributed by atoms with Crippen LogP contribution in [0.4, 0.5) is 0 Å². The third-order valence-electron chi connectivity index (χ3n) is 3.38. The summed E-state index contributed by atoms with van der Waals surface area (Å²) in [6.45, 7) is 0.523. The Balaban J connectivity index is 2.31. The monoisotopic (exact) mass is 261 g/mol. The second kappa shape index (κ2) is 5.47. The minimum Gasteiger partial charge on any atom is -0.497 e. The van der Waals surface area contributed by atoms with Gasteiger partial charge >= 0.3 is 0 Å². The Morgan fingerprint density at radius 1 is 1.39 bits per heavy atom. The Bertz CT molecular complexity index is 493. The number of hydrogen-bond acceptors (Lipinski definition) is 3.